The number of hydrogen-bond acceptors (Lipinski definition) is 6. The molecule has 2 amide bonds. The first-order valence-electron chi connectivity index (χ1n) is 15.9. The van der Waals surface area contributed by atoms with Crippen LogP contribution in [0.1, 0.15) is 37.8 Å². The van der Waals surface area contributed by atoms with Crippen molar-refractivity contribution in [2.24, 2.45) is 0 Å². The number of amides is 2. The van der Waals surface area contributed by atoms with E-state index >= 15 is 0 Å². The van der Waals surface area contributed by atoms with E-state index in [1.165, 1.54) is 28.8 Å². The summed E-state index contributed by atoms with van der Waals surface area (Å²) >= 11 is 7.67. The van der Waals surface area contributed by atoms with E-state index in [0.29, 0.717) is 23.9 Å². The molecule has 0 radical (unpaired) electrons. The number of nitrogens with zero attached hydrogens (tertiary/aromatic N) is 2. The first kappa shape index (κ1) is 36.8. The van der Waals surface area contributed by atoms with Gasteiger partial charge in [0.2, 0.25) is 11.8 Å². The van der Waals surface area contributed by atoms with Crippen molar-refractivity contribution in [3.8, 4) is 5.75 Å². The lowest BCUT2D eigenvalue weighted by molar-refractivity contribution is -0.140. The summed E-state index contributed by atoms with van der Waals surface area (Å²) < 4.78 is 35.7. The molecule has 0 fully saturated rings. The van der Waals surface area contributed by atoms with E-state index in [2.05, 4.69) is 5.32 Å². The van der Waals surface area contributed by atoms with Crippen molar-refractivity contribution in [1.82, 2.24) is 10.2 Å². The van der Waals surface area contributed by atoms with Gasteiger partial charge in [-0.2, -0.15) is 0 Å². The molecule has 1 N–H and O–H groups in total. The first-order valence-corrected chi connectivity index (χ1v) is 19.0. The molecule has 0 saturated heterocycles. The van der Waals surface area contributed by atoms with Crippen LogP contribution >= 0.6 is 23.4 Å². The highest BCUT2D eigenvalue weighted by Crippen LogP contribution is 2.33. The lowest BCUT2D eigenvalue weighted by atomic mass is 10.0. The van der Waals surface area contributed by atoms with Gasteiger partial charge in [-0.25, -0.2) is 8.42 Å². The van der Waals surface area contributed by atoms with Crippen molar-refractivity contribution in [2.45, 2.75) is 55.5 Å². The molecule has 0 aliphatic carbocycles. The molecule has 1 atom stereocenters. The molecule has 11 heteroatoms. The van der Waals surface area contributed by atoms with E-state index in [9.17, 15) is 18.0 Å². The van der Waals surface area contributed by atoms with E-state index in [4.69, 9.17) is 16.3 Å². The van der Waals surface area contributed by atoms with Crippen molar-refractivity contribution < 1.29 is 22.7 Å². The summed E-state index contributed by atoms with van der Waals surface area (Å²) in [6.45, 7) is 4.07. The van der Waals surface area contributed by atoms with Crippen LogP contribution in [0.2, 0.25) is 5.02 Å². The van der Waals surface area contributed by atoms with Gasteiger partial charge in [0.15, 0.2) is 0 Å². The zero-order valence-electron chi connectivity index (χ0n) is 27.5. The Bertz CT molecular complexity index is 1740. The summed E-state index contributed by atoms with van der Waals surface area (Å²) in [4.78, 5) is 31.0. The van der Waals surface area contributed by atoms with Crippen molar-refractivity contribution in [2.75, 3.05) is 30.3 Å². The predicted molar refractivity (Wildman–Crippen MR) is 194 cm³/mol. The van der Waals surface area contributed by atoms with Crippen LogP contribution in [0.25, 0.3) is 0 Å². The van der Waals surface area contributed by atoms with Gasteiger partial charge in [-0.05, 0) is 79.3 Å². The Kier molecular flexibility index (Phi) is 13.8. The Balaban J connectivity index is 1.82. The highest BCUT2D eigenvalue weighted by molar-refractivity contribution is 7.98. The Morgan fingerprint density at radius 2 is 1.54 bits per heavy atom. The molecular weight excluding hydrogens is 666 g/mol. The average Bonchev–Trinajstić information content (AvgIpc) is 3.10. The molecule has 0 saturated carbocycles. The summed E-state index contributed by atoms with van der Waals surface area (Å²) in [5, 5.41) is 3.54. The predicted octanol–water partition coefficient (Wildman–Crippen LogP) is 7.21. The third-order valence-electron chi connectivity index (χ3n) is 7.73. The molecular formula is C37H42ClN3O5S2. The van der Waals surface area contributed by atoms with Crippen molar-refractivity contribution in [3.63, 3.8) is 0 Å². The number of anilines is 1. The molecule has 4 aromatic rings. The van der Waals surface area contributed by atoms with E-state index < -0.39 is 28.5 Å². The average molecular weight is 708 g/mol. The molecule has 0 heterocycles. The smallest absolute Gasteiger partial charge is 0.264 e. The van der Waals surface area contributed by atoms with E-state index in [-0.39, 0.29) is 29.5 Å². The number of sulfonamides is 1. The highest BCUT2D eigenvalue weighted by atomic mass is 35.5. The van der Waals surface area contributed by atoms with Crippen LogP contribution in [0.15, 0.2) is 113 Å². The number of benzene rings is 4. The minimum Gasteiger partial charge on any atom is -0.492 e. The second-order valence-corrected chi connectivity index (χ2v) is 14.3. The zero-order chi connectivity index (χ0) is 34.5. The van der Waals surface area contributed by atoms with Crippen LogP contribution < -0.4 is 14.4 Å². The third-order valence-corrected chi connectivity index (χ3v) is 10.5. The number of para-hydroxylation sites is 2. The van der Waals surface area contributed by atoms with Crippen molar-refractivity contribution in [1.29, 1.82) is 0 Å². The SMILES string of the molecule is CCCCNC(=O)C(Cc1ccccc1)N(Cc1ccc(Cl)cc1)C(=O)CN(c1ccccc1OCC)S(=O)(=O)c1ccc(SC)cc1. The fraction of sp³-hybridized carbons (Fsp3) is 0.297. The van der Waals surface area contributed by atoms with Crippen LogP contribution in [-0.4, -0.2) is 57.1 Å². The fourth-order valence-corrected chi connectivity index (χ4v) is 7.13. The lowest BCUT2D eigenvalue weighted by Crippen LogP contribution is -2.53. The number of thioether (sulfide) groups is 1. The fourth-order valence-electron chi connectivity index (χ4n) is 5.18. The summed E-state index contributed by atoms with van der Waals surface area (Å²) in [5.41, 5.74) is 1.83. The van der Waals surface area contributed by atoms with Gasteiger partial charge in [-0.15, -0.1) is 11.8 Å². The van der Waals surface area contributed by atoms with Gasteiger partial charge >= 0.3 is 0 Å². The summed E-state index contributed by atoms with van der Waals surface area (Å²) in [7, 11) is -4.27. The quantitative estimate of drug-likeness (QED) is 0.0921. The van der Waals surface area contributed by atoms with Gasteiger partial charge < -0.3 is 15.0 Å². The van der Waals surface area contributed by atoms with Gasteiger partial charge in [-0.1, -0.05) is 79.5 Å². The summed E-state index contributed by atoms with van der Waals surface area (Å²) in [5.74, 6) is -0.543. The van der Waals surface area contributed by atoms with Crippen LogP contribution in [0.5, 0.6) is 5.75 Å². The number of nitrogens with one attached hydrogen (secondary N) is 1. The van der Waals surface area contributed by atoms with Gasteiger partial charge in [0.25, 0.3) is 10.0 Å². The molecule has 0 bridgehead atoms. The van der Waals surface area contributed by atoms with Crippen LogP contribution in [0.4, 0.5) is 5.69 Å². The van der Waals surface area contributed by atoms with Gasteiger partial charge in [-0.3, -0.25) is 13.9 Å². The van der Waals surface area contributed by atoms with E-state index in [1.807, 2.05) is 43.5 Å². The molecule has 254 valence electrons. The number of halogens is 1. The number of carbonyl (C=O) groups excluding carboxylic acids is 2. The van der Waals surface area contributed by atoms with E-state index in [1.54, 1.807) is 67.6 Å². The number of rotatable bonds is 17. The standard InChI is InChI=1S/C37H42ClN3O5S2/c1-4-6-24-39-37(43)34(25-28-12-8-7-9-13-28)40(26-29-16-18-30(38)19-17-29)36(42)27-41(33-14-10-11-15-35(33)46-5-2)48(44,45)32-22-20-31(47-3)21-23-32/h7-23,34H,4-6,24-27H2,1-3H3,(H,39,43). The second kappa shape index (κ2) is 18.0. The van der Waals surface area contributed by atoms with Crippen LogP contribution in [0.3, 0.4) is 0 Å². The Labute approximate surface area is 293 Å². The normalized spacial score (nSPS) is 11.8. The molecule has 0 aliphatic rings. The topological polar surface area (TPSA) is 96.0 Å². The molecule has 4 aromatic carbocycles. The number of hydrogen-bond donors (Lipinski definition) is 1. The zero-order valence-corrected chi connectivity index (χ0v) is 29.9. The molecule has 0 aliphatic heterocycles. The minimum atomic E-state index is -4.27. The number of ether oxygens (including phenoxy) is 1. The Morgan fingerprint density at radius 1 is 0.875 bits per heavy atom. The minimum absolute atomic E-state index is 0.0294. The maximum atomic E-state index is 14.7. The second-order valence-electron chi connectivity index (χ2n) is 11.1. The van der Waals surface area contributed by atoms with Crippen LogP contribution in [-0.2, 0) is 32.6 Å². The summed E-state index contributed by atoms with van der Waals surface area (Å²) in [6, 6.07) is 28.8. The lowest BCUT2D eigenvalue weighted by Gasteiger charge is -2.34. The monoisotopic (exact) mass is 707 g/mol. The maximum absolute atomic E-state index is 14.7. The van der Waals surface area contributed by atoms with Gasteiger partial charge in [0, 0.05) is 29.4 Å². The van der Waals surface area contributed by atoms with Crippen molar-refractivity contribution >= 4 is 50.9 Å². The maximum Gasteiger partial charge on any atom is 0.264 e. The molecule has 0 spiro atoms. The largest absolute Gasteiger partial charge is 0.492 e. The first-order chi connectivity index (χ1) is 23.2. The molecule has 0 aromatic heterocycles. The van der Waals surface area contributed by atoms with Crippen molar-refractivity contribution in [3.05, 3.63) is 119 Å². The highest BCUT2D eigenvalue weighted by Gasteiger charge is 2.35. The number of unbranched alkanes of at least 4 members (excludes halogenated alkanes) is 1. The molecule has 48 heavy (non-hydrogen) atoms. The number of carbonyl (C=O) groups is 2. The summed E-state index contributed by atoms with van der Waals surface area (Å²) in [6.07, 6.45) is 3.81. The third kappa shape index (κ3) is 9.78. The Morgan fingerprint density at radius 3 is 2.19 bits per heavy atom. The Hall–Kier alpha value is -3.99. The molecule has 8 nitrogen and oxygen atoms in total. The van der Waals surface area contributed by atoms with Crippen LogP contribution in [0, 0.1) is 0 Å². The van der Waals surface area contributed by atoms with Gasteiger partial charge in [0.1, 0.15) is 18.3 Å². The molecule has 4 rings (SSSR count). The van der Waals surface area contributed by atoms with E-state index in [0.717, 1.165) is 33.2 Å². The molecule has 1 unspecified atom stereocenters. The van der Waals surface area contributed by atoms with Gasteiger partial charge in [0.05, 0.1) is 17.2 Å².